The molecule has 7 nitrogen and oxygen atoms in total. The monoisotopic (exact) mass is 448 g/mol. The van der Waals surface area contributed by atoms with E-state index in [9.17, 15) is 27.6 Å². The third-order valence-electron chi connectivity index (χ3n) is 5.26. The number of likely N-dealkylation sites (tertiary alicyclic amines) is 1. The number of alkyl halides is 3. The van der Waals surface area contributed by atoms with E-state index in [-0.39, 0.29) is 30.6 Å². The van der Waals surface area contributed by atoms with E-state index in [0.717, 1.165) is 12.1 Å². The van der Waals surface area contributed by atoms with Crippen LogP contribution in [0.1, 0.15) is 28.8 Å². The molecule has 3 N–H and O–H groups in total. The maximum Gasteiger partial charge on any atom is 0.418 e. The van der Waals surface area contributed by atoms with E-state index >= 15 is 0 Å². The van der Waals surface area contributed by atoms with Crippen LogP contribution in [-0.4, -0.2) is 42.9 Å². The SMILES string of the molecule is CNC(=O)C1CCN(C(=O)Nc2ccc(NC(=O)c3ccccc3)cc2C(F)(F)F)CC1. The number of piperidine rings is 1. The maximum absolute atomic E-state index is 13.6. The molecule has 170 valence electrons. The van der Waals surface area contributed by atoms with Gasteiger partial charge >= 0.3 is 12.2 Å². The summed E-state index contributed by atoms with van der Waals surface area (Å²) in [6, 6.07) is 10.6. The van der Waals surface area contributed by atoms with E-state index in [1.165, 1.54) is 18.0 Å². The van der Waals surface area contributed by atoms with Gasteiger partial charge in [-0.15, -0.1) is 0 Å². The van der Waals surface area contributed by atoms with Gasteiger partial charge in [0.1, 0.15) is 0 Å². The Morgan fingerprint density at radius 2 is 1.62 bits per heavy atom. The van der Waals surface area contributed by atoms with Gasteiger partial charge < -0.3 is 20.9 Å². The van der Waals surface area contributed by atoms with Crippen LogP contribution in [0.15, 0.2) is 48.5 Å². The van der Waals surface area contributed by atoms with Crippen molar-refractivity contribution in [2.24, 2.45) is 5.92 Å². The van der Waals surface area contributed by atoms with E-state index in [1.54, 1.807) is 30.3 Å². The number of amides is 4. The first-order chi connectivity index (χ1) is 15.2. The Kier molecular flexibility index (Phi) is 7.01. The van der Waals surface area contributed by atoms with Crippen molar-refractivity contribution in [3.8, 4) is 0 Å². The molecule has 0 radical (unpaired) electrons. The molecule has 0 unspecified atom stereocenters. The molecule has 3 rings (SSSR count). The lowest BCUT2D eigenvalue weighted by Crippen LogP contribution is -2.44. The Morgan fingerprint density at radius 1 is 0.969 bits per heavy atom. The number of nitrogens with one attached hydrogen (secondary N) is 3. The highest BCUT2D eigenvalue weighted by molar-refractivity contribution is 6.04. The lowest BCUT2D eigenvalue weighted by Gasteiger charge is -2.31. The van der Waals surface area contributed by atoms with Crippen LogP contribution in [0, 0.1) is 5.92 Å². The van der Waals surface area contributed by atoms with Crippen molar-refractivity contribution >= 4 is 29.2 Å². The minimum Gasteiger partial charge on any atom is -0.359 e. The van der Waals surface area contributed by atoms with Crippen LogP contribution < -0.4 is 16.0 Å². The van der Waals surface area contributed by atoms with Gasteiger partial charge in [-0.1, -0.05) is 18.2 Å². The van der Waals surface area contributed by atoms with Crippen molar-refractivity contribution in [1.29, 1.82) is 0 Å². The number of benzene rings is 2. The number of carbonyl (C=O) groups excluding carboxylic acids is 3. The molecule has 0 bridgehead atoms. The number of hydrogen-bond donors (Lipinski definition) is 3. The fourth-order valence-corrected chi connectivity index (χ4v) is 3.50. The van der Waals surface area contributed by atoms with E-state index in [1.807, 2.05) is 0 Å². The second-order valence-electron chi connectivity index (χ2n) is 7.38. The van der Waals surface area contributed by atoms with E-state index < -0.39 is 29.4 Å². The Bertz CT molecular complexity index is 988. The number of anilines is 2. The zero-order valence-electron chi connectivity index (χ0n) is 17.3. The highest BCUT2D eigenvalue weighted by Crippen LogP contribution is 2.37. The highest BCUT2D eigenvalue weighted by atomic mass is 19.4. The Balaban J connectivity index is 1.72. The van der Waals surface area contributed by atoms with Crippen LogP contribution >= 0.6 is 0 Å². The van der Waals surface area contributed by atoms with Gasteiger partial charge in [-0.25, -0.2) is 4.79 Å². The number of urea groups is 1. The normalized spacial score (nSPS) is 14.6. The van der Waals surface area contributed by atoms with Crippen LogP contribution in [0.4, 0.5) is 29.3 Å². The van der Waals surface area contributed by atoms with Gasteiger partial charge in [0.05, 0.1) is 11.3 Å². The summed E-state index contributed by atoms with van der Waals surface area (Å²) < 4.78 is 40.9. The number of hydrogen-bond acceptors (Lipinski definition) is 3. The molecule has 1 fully saturated rings. The molecule has 4 amide bonds. The zero-order valence-corrected chi connectivity index (χ0v) is 17.3. The molecule has 1 aliphatic rings. The third kappa shape index (κ3) is 5.57. The van der Waals surface area contributed by atoms with Crippen molar-refractivity contribution in [2.75, 3.05) is 30.8 Å². The summed E-state index contributed by atoms with van der Waals surface area (Å²) in [7, 11) is 1.53. The first-order valence-corrected chi connectivity index (χ1v) is 10.0. The lowest BCUT2D eigenvalue weighted by atomic mass is 9.96. The zero-order chi connectivity index (χ0) is 23.3. The molecule has 1 heterocycles. The average molecular weight is 448 g/mol. The van der Waals surface area contributed by atoms with Crippen LogP contribution in [0.25, 0.3) is 0 Å². The van der Waals surface area contributed by atoms with Crippen LogP contribution in [0.5, 0.6) is 0 Å². The number of halogens is 3. The molecular weight excluding hydrogens is 425 g/mol. The molecular formula is C22H23F3N4O3. The maximum atomic E-state index is 13.6. The van der Waals surface area contributed by atoms with E-state index in [0.29, 0.717) is 18.4 Å². The van der Waals surface area contributed by atoms with Crippen molar-refractivity contribution in [3.63, 3.8) is 0 Å². The summed E-state index contributed by atoms with van der Waals surface area (Å²) >= 11 is 0. The third-order valence-corrected chi connectivity index (χ3v) is 5.26. The van der Waals surface area contributed by atoms with Gasteiger partial charge in [-0.3, -0.25) is 9.59 Å². The molecule has 0 atom stereocenters. The lowest BCUT2D eigenvalue weighted by molar-refractivity contribution is -0.137. The number of rotatable bonds is 4. The minimum absolute atomic E-state index is 0.0458. The predicted molar refractivity (Wildman–Crippen MR) is 113 cm³/mol. The van der Waals surface area contributed by atoms with E-state index in [4.69, 9.17) is 0 Å². The molecule has 32 heavy (non-hydrogen) atoms. The average Bonchev–Trinajstić information content (AvgIpc) is 2.79. The molecule has 2 aromatic carbocycles. The second-order valence-corrected chi connectivity index (χ2v) is 7.38. The molecule has 0 aromatic heterocycles. The molecule has 0 spiro atoms. The van der Waals surface area contributed by atoms with Crippen LogP contribution in [0.3, 0.4) is 0 Å². The summed E-state index contributed by atoms with van der Waals surface area (Å²) in [6.45, 7) is 0.521. The van der Waals surface area contributed by atoms with Crippen molar-refractivity contribution < 1.29 is 27.6 Å². The molecule has 1 aliphatic heterocycles. The molecule has 0 aliphatic carbocycles. The van der Waals surface area contributed by atoms with Gasteiger partial charge in [-0.05, 0) is 43.2 Å². The summed E-state index contributed by atoms with van der Waals surface area (Å²) in [6.07, 6.45) is -3.88. The van der Waals surface area contributed by atoms with Gasteiger partial charge in [0.15, 0.2) is 0 Å². The van der Waals surface area contributed by atoms with Crippen molar-refractivity contribution in [2.45, 2.75) is 19.0 Å². The summed E-state index contributed by atoms with van der Waals surface area (Å²) in [4.78, 5) is 37.8. The van der Waals surface area contributed by atoms with E-state index in [2.05, 4.69) is 16.0 Å². The molecule has 10 heteroatoms. The second kappa shape index (κ2) is 9.71. The minimum atomic E-state index is -4.75. The van der Waals surface area contributed by atoms with Gasteiger partial charge in [0, 0.05) is 37.3 Å². The first-order valence-electron chi connectivity index (χ1n) is 10.0. The fraction of sp³-hybridized carbons (Fsp3) is 0.318. The largest absolute Gasteiger partial charge is 0.418 e. The smallest absolute Gasteiger partial charge is 0.359 e. The summed E-state index contributed by atoms with van der Waals surface area (Å²) in [5.41, 5.74) is -1.22. The topological polar surface area (TPSA) is 90.5 Å². The Labute approximate surface area is 183 Å². The molecule has 0 saturated carbocycles. The van der Waals surface area contributed by atoms with Gasteiger partial charge in [0.2, 0.25) is 5.91 Å². The Morgan fingerprint density at radius 3 is 2.22 bits per heavy atom. The summed E-state index contributed by atoms with van der Waals surface area (Å²) in [5, 5.41) is 7.31. The first kappa shape index (κ1) is 23.1. The van der Waals surface area contributed by atoms with Gasteiger partial charge in [-0.2, -0.15) is 13.2 Å². The van der Waals surface area contributed by atoms with Crippen LogP contribution in [-0.2, 0) is 11.0 Å². The molecule has 1 saturated heterocycles. The van der Waals surface area contributed by atoms with Crippen molar-refractivity contribution in [1.82, 2.24) is 10.2 Å². The fourth-order valence-electron chi connectivity index (χ4n) is 3.50. The van der Waals surface area contributed by atoms with Gasteiger partial charge in [0.25, 0.3) is 5.91 Å². The standard InChI is InChI=1S/C22H23F3N4O3/c1-26-19(30)15-9-11-29(12-10-15)21(32)28-18-8-7-16(13-17(18)22(23,24)25)27-20(31)14-5-3-2-4-6-14/h2-8,13,15H,9-12H2,1H3,(H,26,30)(H,27,31)(H,28,32). The summed E-state index contributed by atoms with van der Waals surface area (Å²) in [5.74, 6) is -0.880. The Hall–Kier alpha value is -3.56. The molecule has 2 aromatic rings. The predicted octanol–water partition coefficient (Wildman–Crippen LogP) is 3.95. The number of nitrogens with zero attached hydrogens (tertiary/aromatic N) is 1. The van der Waals surface area contributed by atoms with Crippen molar-refractivity contribution in [3.05, 3.63) is 59.7 Å². The highest BCUT2D eigenvalue weighted by Gasteiger charge is 2.35. The number of carbonyl (C=O) groups is 3. The van der Waals surface area contributed by atoms with Crippen LogP contribution in [0.2, 0.25) is 0 Å². The quantitative estimate of drug-likeness (QED) is 0.662.